The second kappa shape index (κ2) is 8.41. The Morgan fingerprint density at radius 1 is 1.14 bits per heavy atom. The number of aromatic nitrogens is 1. The fourth-order valence-electron chi connectivity index (χ4n) is 3.29. The Morgan fingerprint density at radius 2 is 1.90 bits per heavy atom. The van der Waals surface area contributed by atoms with Crippen LogP contribution in [0.15, 0.2) is 48.5 Å². The number of aryl methyl sites for hydroxylation is 2. The summed E-state index contributed by atoms with van der Waals surface area (Å²) >= 11 is 6.50. The number of carbonyl (C=O) groups excluding carboxylic acids is 1. The fraction of sp³-hybridized carbons (Fsp3) is 0.182. The Morgan fingerprint density at radius 3 is 2.48 bits per heavy atom. The minimum atomic E-state index is -0.873. The molecule has 0 saturated carbocycles. The summed E-state index contributed by atoms with van der Waals surface area (Å²) in [5.41, 5.74) is 9.88. The number of amides is 1. The number of carboxylic acids is 1. The molecule has 0 unspecified atom stereocenters. The maximum atomic E-state index is 11.5. The molecule has 0 fully saturated rings. The summed E-state index contributed by atoms with van der Waals surface area (Å²) < 4.78 is 7.19. The number of ether oxygens (including phenoxy) is 1. The van der Waals surface area contributed by atoms with Gasteiger partial charge in [0.05, 0.1) is 24.2 Å². The van der Waals surface area contributed by atoms with Gasteiger partial charge in [0.2, 0.25) is 5.91 Å². The topological polar surface area (TPSA) is 94.6 Å². The van der Waals surface area contributed by atoms with Crippen molar-refractivity contribution in [2.45, 2.75) is 19.8 Å². The van der Waals surface area contributed by atoms with E-state index in [2.05, 4.69) is 0 Å². The quantitative estimate of drug-likeness (QED) is 0.607. The molecule has 3 N–H and O–H groups in total. The molecule has 0 saturated heterocycles. The number of nitrogens with zero attached hydrogens (tertiary/aromatic N) is 1. The highest BCUT2D eigenvalue weighted by Gasteiger charge is 2.17. The van der Waals surface area contributed by atoms with Gasteiger partial charge in [0, 0.05) is 22.5 Å². The molecule has 0 aliphatic heterocycles. The van der Waals surface area contributed by atoms with Crippen LogP contribution in [0.25, 0.3) is 16.9 Å². The molecule has 1 aromatic heterocycles. The molecule has 0 bridgehead atoms. The number of hydrogen-bond donors (Lipinski definition) is 2. The summed E-state index contributed by atoms with van der Waals surface area (Å²) in [5.74, 6) is -0.732. The van der Waals surface area contributed by atoms with Gasteiger partial charge in [-0.3, -0.25) is 9.59 Å². The van der Waals surface area contributed by atoms with Crippen LogP contribution in [0.5, 0.6) is 5.75 Å². The first-order valence-corrected chi connectivity index (χ1v) is 9.36. The summed E-state index contributed by atoms with van der Waals surface area (Å²) in [6, 6.07) is 14.4. The predicted octanol–water partition coefficient (Wildman–Crippen LogP) is 4.23. The largest absolute Gasteiger partial charge is 0.497 e. The van der Waals surface area contributed by atoms with E-state index in [-0.39, 0.29) is 6.42 Å². The van der Waals surface area contributed by atoms with Gasteiger partial charge >= 0.3 is 5.97 Å². The van der Waals surface area contributed by atoms with E-state index in [1.165, 1.54) is 0 Å². The molecule has 1 amide bonds. The molecule has 0 aliphatic rings. The van der Waals surface area contributed by atoms with Crippen LogP contribution in [0.4, 0.5) is 0 Å². The summed E-state index contributed by atoms with van der Waals surface area (Å²) in [6.45, 7) is 1.88. The zero-order chi connectivity index (χ0) is 21.1. The normalized spacial score (nSPS) is 10.7. The van der Waals surface area contributed by atoms with Gasteiger partial charge in [-0.2, -0.15) is 0 Å². The molecule has 150 valence electrons. The van der Waals surface area contributed by atoms with Crippen molar-refractivity contribution in [1.29, 1.82) is 0 Å². The molecule has 3 aromatic rings. The summed E-state index contributed by atoms with van der Waals surface area (Å²) in [4.78, 5) is 22.6. The minimum Gasteiger partial charge on any atom is -0.497 e. The molecule has 6 nitrogen and oxygen atoms in total. The van der Waals surface area contributed by atoms with Gasteiger partial charge in [-0.25, -0.2) is 0 Å². The van der Waals surface area contributed by atoms with E-state index in [1.807, 2.05) is 35.8 Å². The maximum Gasteiger partial charge on any atom is 0.303 e. The van der Waals surface area contributed by atoms with Crippen LogP contribution >= 0.6 is 11.6 Å². The van der Waals surface area contributed by atoms with Crippen molar-refractivity contribution in [3.63, 3.8) is 0 Å². The summed E-state index contributed by atoms with van der Waals surface area (Å²) in [5, 5.41) is 9.63. The minimum absolute atomic E-state index is 0.00177. The lowest BCUT2D eigenvalue weighted by Gasteiger charge is -2.17. The third-order valence-electron chi connectivity index (χ3n) is 4.73. The number of primary amides is 1. The number of carbonyl (C=O) groups is 2. The smallest absolute Gasteiger partial charge is 0.303 e. The molecule has 2 aromatic carbocycles. The zero-order valence-corrected chi connectivity index (χ0v) is 16.9. The van der Waals surface area contributed by atoms with Gasteiger partial charge in [0.15, 0.2) is 0 Å². The van der Waals surface area contributed by atoms with E-state index in [1.54, 1.807) is 31.4 Å². The molecule has 3 rings (SSSR count). The Labute approximate surface area is 173 Å². The van der Waals surface area contributed by atoms with Crippen LogP contribution in [-0.2, 0) is 11.2 Å². The van der Waals surface area contributed by atoms with Crippen LogP contribution in [0.1, 0.15) is 28.0 Å². The number of nitrogens with two attached hydrogens (primary N) is 1. The maximum absolute atomic E-state index is 11.5. The number of aliphatic carboxylic acids is 1. The van der Waals surface area contributed by atoms with Crippen molar-refractivity contribution in [3.05, 3.63) is 70.4 Å². The third kappa shape index (κ3) is 4.27. The summed E-state index contributed by atoms with van der Waals surface area (Å²) in [6.07, 6.45) is 0.346. The first-order chi connectivity index (χ1) is 13.8. The molecule has 0 atom stereocenters. The van der Waals surface area contributed by atoms with Crippen molar-refractivity contribution in [2.75, 3.05) is 7.11 Å². The third-order valence-corrected chi connectivity index (χ3v) is 5.04. The lowest BCUT2D eigenvalue weighted by molar-refractivity contribution is -0.136. The SMILES string of the molecule is COc1ccc(-c2ccc(CCC(=O)O)n2-c2ccc(C(N)=O)cc2C)c(Cl)c1. The monoisotopic (exact) mass is 412 g/mol. The molecule has 0 radical (unpaired) electrons. The summed E-state index contributed by atoms with van der Waals surface area (Å²) in [7, 11) is 1.57. The Hall–Kier alpha value is -3.25. The average Bonchev–Trinajstić information content (AvgIpc) is 3.09. The van der Waals surface area contributed by atoms with Crippen molar-refractivity contribution >= 4 is 23.5 Å². The predicted molar refractivity (Wildman–Crippen MR) is 112 cm³/mol. The molecular formula is C22H21ClN2O4. The molecule has 29 heavy (non-hydrogen) atoms. The Bertz CT molecular complexity index is 1090. The van der Waals surface area contributed by atoms with Crippen molar-refractivity contribution < 1.29 is 19.4 Å². The Kier molecular flexibility index (Phi) is 5.94. The van der Waals surface area contributed by atoms with E-state index >= 15 is 0 Å². The van der Waals surface area contributed by atoms with Crippen molar-refractivity contribution in [2.24, 2.45) is 5.73 Å². The van der Waals surface area contributed by atoms with Crippen molar-refractivity contribution in [3.8, 4) is 22.7 Å². The van der Waals surface area contributed by atoms with Gasteiger partial charge in [-0.1, -0.05) is 11.6 Å². The second-order valence-electron chi connectivity index (χ2n) is 6.65. The number of rotatable bonds is 7. The van der Waals surface area contributed by atoms with Crippen LogP contribution in [0.2, 0.25) is 5.02 Å². The molecular weight excluding hydrogens is 392 g/mol. The lowest BCUT2D eigenvalue weighted by atomic mass is 10.1. The highest BCUT2D eigenvalue weighted by molar-refractivity contribution is 6.33. The van der Waals surface area contributed by atoms with Gasteiger partial charge < -0.3 is 20.1 Å². The fourth-order valence-corrected chi connectivity index (χ4v) is 3.56. The number of benzene rings is 2. The molecule has 1 heterocycles. The van der Waals surface area contributed by atoms with Gasteiger partial charge in [0.25, 0.3) is 0 Å². The van der Waals surface area contributed by atoms with Crippen LogP contribution in [-0.4, -0.2) is 28.7 Å². The molecule has 0 spiro atoms. The molecule has 0 aliphatic carbocycles. The zero-order valence-electron chi connectivity index (χ0n) is 16.1. The van der Waals surface area contributed by atoms with Crippen LogP contribution in [0, 0.1) is 6.92 Å². The van der Waals surface area contributed by atoms with E-state index in [0.29, 0.717) is 22.8 Å². The average molecular weight is 413 g/mol. The van der Waals surface area contributed by atoms with E-state index in [0.717, 1.165) is 28.2 Å². The van der Waals surface area contributed by atoms with E-state index in [4.69, 9.17) is 27.2 Å². The second-order valence-corrected chi connectivity index (χ2v) is 7.06. The highest BCUT2D eigenvalue weighted by atomic mass is 35.5. The number of methoxy groups -OCH3 is 1. The van der Waals surface area contributed by atoms with Crippen LogP contribution in [0.3, 0.4) is 0 Å². The van der Waals surface area contributed by atoms with Gasteiger partial charge in [-0.15, -0.1) is 0 Å². The van der Waals surface area contributed by atoms with Crippen molar-refractivity contribution in [1.82, 2.24) is 4.57 Å². The van der Waals surface area contributed by atoms with Gasteiger partial charge in [0.1, 0.15) is 5.75 Å². The Balaban J connectivity index is 2.19. The standard InChI is InChI=1S/C22H21ClN2O4/c1-13-11-14(22(24)28)3-8-19(13)25-15(5-10-21(26)27)4-9-20(25)17-7-6-16(29-2)12-18(17)23/h3-4,6-9,11-12H,5,10H2,1-2H3,(H2,24,28)(H,26,27). The van der Waals surface area contributed by atoms with E-state index < -0.39 is 11.9 Å². The molecule has 7 heteroatoms. The number of hydrogen-bond acceptors (Lipinski definition) is 3. The van der Waals surface area contributed by atoms with Gasteiger partial charge in [-0.05, 0) is 67.4 Å². The van der Waals surface area contributed by atoms with E-state index in [9.17, 15) is 9.59 Å². The first kappa shape index (κ1) is 20.5. The highest BCUT2D eigenvalue weighted by Crippen LogP contribution is 2.35. The number of carboxylic acid groups (broad SMARTS) is 1. The van der Waals surface area contributed by atoms with Crippen LogP contribution < -0.4 is 10.5 Å². The lowest BCUT2D eigenvalue weighted by Crippen LogP contribution is -2.12. The number of halogens is 1. The first-order valence-electron chi connectivity index (χ1n) is 8.99.